The van der Waals surface area contributed by atoms with Gasteiger partial charge in [0.15, 0.2) is 5.16 Å². The monoisotopic (exact) mass is 481 g/mol. The van der Waals surface area contributed by atoms with Crippen molar-refractivity contribution in [1.29, 1.82) is 0 Å². The number of likely N-dealkylation sites (tertiary alicyclic amines) is 1. The summed E-state index contributed by atoms with van der Waals surface area (Å²) in [6, 6.07) is 5.81. The van der Waals surface area contributed by atoms with Crippen LogP contribution in [-0.2, 0) is 16.1 Å². The Morgan fingerprint density at radius 1 is 1.41 bits per heavy atom. The van der Waals surface area contributed by atoms with Gasteiger partial charge in [-0.25, -0.2) is 4.98 Å². The molecule has 1 aliphatic rings. The molecule has 0 radical (unpaired) electrons. The quantitative estimate of drug-likeness (QED) is 0.440. The third-order valence-electron chi connectivity index (χ3n) is 5.41. The molecule has 2 aromatic rings. The van der Waals surface area contributed by atoms with E-state index in [9.17, 15) is 9.59 Å². The van der Waals surface area contributed by atoms with Gasteiger partial charge in [0, 0.05) is 24.2 Å². The molecular weight excluding hydrogens is 454 g/mol. The number of hydrogen-bond acceptors (Lipinski definition) is 5. The van der Waals surface area contributed by atoms with Gasteiger partial charge in [-0.1, -0.05) is 34.6 Å². The zero-order valence-corrected chi connectivity index (χ0v) is 19.6. The lowest BCUT2D eigenvalue weighted by molar-refractivity contribution is -0.134. The molecule has 2 heterocycles. The normalized spacial score (nSPS) is 18.2. The summed E-state index contributed by atoms with van der Waals surface area (Å²) >= 11 is 4.78. The molecule has 158 valence electrons. The zero-order chi connectivity index (χ0) is 21.0. The van der Waals surface area contributed by atoms with Gasteiger partial charge >= 0.3 is 0 Å². The Morgan fingerprint density at radius 2 is 2.21 bits per heavy atom. The highest BCUT2D eigenvalue weighted by Crippen LogP contribution is 2.28. The molecule has 1 aliphatic heterocycles. The number of carbonyl (C=O) groups excluding carboxylic acids is 1. The molecular formula is C21H28BrN3O3S. The van der Waals surface area contributed by atoms with Crippen LogP contribution in [0.15, 0.2) is 32.6 Å². The highest BCUT2D eigenvalue weighted by Gasteiger charge is 2.30. The summed E-state index contributed by atoms with van der Waals surface area (Å²) < 4.78 is 7.65. The van der Waals surface area contributed by atoms with Gasteiger partial charge in [0.05, 0.1) is 29.3 Å². The zero-order valence-electron chi connectivity index (χ0n) is 17.2. The molecule has 0 spiro atoms. The minimum absolute atomic E-state index is 0.111. The standard InChI is InChI=1S/C21H28BrN3O3S/c1-4-16-7-5-6-10-24(16)19(26)14(2)29-21-23-18-9-8-15(22)13-17(18)20(27)25(21)11-12-28-3/h8-9,13-14,16H,4-7,10-12H2,1-3H3. The molecule has 8 heteroatoms. The molecule has 2 unspecified atom stereocenters. The molecule has 1 aromatic carbocycles. The van der Waals surface area contributed by atoms with Crippen molar-refractivity contribution in [3.8, 4) is 0 Å². The van der Waals surface area contributed by atoms with Gasteiger partial charge in [-0.05, 0) is 50.8 Å². The van der Waals surface area contributed by atoms with Crippen molar-refractivity contribution in [2.24, 2.45) is 0 Å². The molecule has 1 fully saturated rings. The Kier molecular flexibility index (Phi) is 7.76. The number of carbonyl (C=O) groups is 1. The topological polar surface area (TPSA) is 64.4 Å². The van der Waals surface area contributed by atoms with Crippen LogP contribution in [0.5, 0.6) is 0 Å². The number of rotatable bonds is 7. The lowest BCUT2D eigenvalue weighted by Crippen LogP contribution is -2.46. The van der Waals surface area contributed by atoms with E-state index in [1.54, 1.807) is 17.7 Å². The molecule has 29 heavy (non-hydrogen) atoms. The van der Waals surface area contributed by atoms with Crippen LogP contribution in [-0.4, -0.2) is 51.9 Å². The summed E-state index contributed by atoms with van der Waals surface area (Å²) in [6.07, 6.45) is 4.29. The maximum absolute atomic E-state index is 13.1. The summed E-state index contributed by atoms with van der Waals surface area (Å²) in [5.41, 5.74) is 0.526. The minimum Gasteiger partial charge on any atom is -0.383 e. The van der Waals surface area contributed by atoms with Crippen LogP contribution in [0.1, 0.15) is 39.5 Å². The third-order valence-corrected chi connectivity index (χ3v) is 6.98. The van der Waals surface area contributed by atoms with Crippen molar-refractivity contribution in [3.05, 3.63) is 33.0 Å². The van der Waals surface area contributed by atoms with Crippen LogP contribution in [0.2, 0.25) is 0 Å². The molecule has 1 aromatic heterocycles. The first kappa shape index (κ1) is 22.3. The predicted octanol–water partition coefficient (Wildman–Crippen LogP) is 4.08. The summed E-state index contributed by atoms with van der Waals surface area (Å²) in [5, 5.41) is 0.810. The number of thioether (sulfide) groups is 1. The summed E-state index contributed by atoms with van der Waals surface area (Å²) in [5.74, 6) is 0.130. The number of halogens is 1. The smallest absolute Gasteiger partial charge is 0.262 e. The molecule has 1 amide bonds. The predicted molar refractivity (Wildman–Crippen MR) is 121 cm³/mol. The first-order valence-electron chi connectivity index (χ1n) is 10.1. The Labute approximate surface area is 184 Å². The summed E-state index contributed by atoms with van der Waals surface area (Å²) in [6.45, 7) is 5.67. The Bertz CT molecular complexity index is 933. The molecule has 0 aliphatic carbocycles. The van der Waals surface area contributed by atoms with Crippen LogP contribution in [0.25, 0.3) is 10.9 Å². The number of aromatic nitrogens is 2. The third kappa shape index (κ3) is 5.03. The van der Waals surface area contributed by atoms with Crippen molar-refractivity contribution in [2.45, 2.75) is 62.5 Å². The van der Waals surface area contributed by atoms with Crippen molar-refractivity contribution < 1.29 is 9.53 Å². The molecule has 2 atom stereocenters. The van der Waals surface area contributed by atoms with Crippen LogP contribution in [0, 0.1) is 0 Å². The summed E-state index contributed by atoms with van der Waals surface area (Å²) in [7, 11) is 1.61. The van der Waals surface area contributed by atoms with E-state index < -0.39 is 0 Å². The molecule has 6 nitrogen and oxygen atoms in total. The van der Waals surface area contributed by atoms with Gasteiger partial charge in [0.25, 0.3) is 5.56 Å². The van der Waals surface area contributed by atoms with Gasteiger partial charge < -0.3 is 9.64 Å². The van der Waals surface area contributed by atoms with E-state index in [0.29, 0.717) is 35.3 Å². The first-order chi connectivity index (χ1) is 14.0. The molecule has 1 saturated heterocycles. The van der Waals surface area contributed by atoms with Crippen LogP contribution < -0.4 is 5.56 Å². The lowest BCUT2D eigenvalue weighted by atomic mass is 10.00. The number of fused-ring (bicyclic) bond motifs is 1. The number of benzene rings is 1. The second-order valence-electron chi connectivity index (χ2n) is 7.36. The highest BCUT2D eigenvalue weighted by molar-refractivity contribution is 9.10. The van der Waals surface area contributed by atoms with Gasteiger partial charge in [0.2, 0.25) is 5.91 Å². The van der Waals surface area contributed by atoms with Gasteiger partial charge in [-0.3, -0.25) is 14.2 Å². The Morgan fingerprint density at radius 3 is 2.93 bits per heavy atom. The fourth-order valence-electron chi connectivity index (χ4n) is 3.80. The second-order valence-corrected chi connectivity index (χ2v) is 9.58. The number of piperidine rings is 1. The van der Waals surface area contributed by atoms with E-state index in [-0.39, 0.29) is 16.7 Å². The average molecular weight is 482 g/mol. The SMILES string of the molecule is CCC1CCCCN1C(=O)C(C)Sc1nc2ccc(Br)cc2c(=O)n1CCOC. The number of nitrogens with zero attached hydrogens (tertiary/aromatic N) is 3. The van der Waals surface area contributed by atoms with Gasteiger partial charge in [0.1, 0.15) is 0 Å². The number of ether oxygens (including phenoxy) is 1. The van der Waals surface area contributed by atoms with Gasteiger partial charge in [-0.2, -0.15) is 0 Å². The van der Waals surface area contributed by atoms with Crippen molar-refractivity contribution in [1.82, 2.24) is 14.5 Å². The lowest BCUT2D eigenvalue weighted by Gasteiger charge is -2.36. The van der Waals surface area contributed by atoms with E-state index in [0.717, 1.165) is 30.3 Å². The van der Waals surface area contributed by atoms with Crippen LogP contribution in [0.3, 0.4) is 0 Å². The van der Waals surface area contributed by atoms with Crippen molar-refractivity contribution in [2.75, 3.05) is 20.3 Å². The molecule has 0 N–H and O–H groups in total. The fraction of sp³-hybridized carbons (Fsp3) is 0.571. The number of methoxy groups -OCH3 is 1. The van der Waals surface area contributed by atoms with E-state index in [1.807, 2.05) is 24.0 Å². The van der Waals surface area contributed by atoms with E-state index in [4.69, 9.17) is 9.72 Å². The average Bonchev–Trinajstić information content (AvgIpc) is 2.73. The number of amides is 1. The van der Waals surface area contributed by atoms with E-state index in [1.165, 1.54) is 18.2 Å². The van der Waals surface area contributed by atoms with Crippen LogP contribution in [0.4, 0.5) is 0 Å². The molecule has 3 rings (SSSR count). The molecule has 0 bridgehead atoms. The highest BCUT2D eigenvalue weighted by atomic mass is 79.9. The van der Waals surface area contributed by atoms with Crippen LogP contribution >= 0.6 is 27.7 Å². The Balaban J connectivity index is 1.92. The van der Waals surface area contributed by atoms with E-state index in [2.05, 4.69) is 22.9 Å². The Hall–Kier alpha value is -1.38. The first-order valence-corrected chi connectivity index (χ1v) is 11.8. The van der Waals surface area contributed by atoms with Crippen molar-refractivity contribution >= 4 is 44.5 Å². The van der Waals surface area contributed by atoms with Gasteiger partial charge in [-0.15, -0.1) is 0 Å². The van der Waals surface area contributed by atoms with Crippen molar-refractivity contribution in [3.63, 3.8) is 0 Å². The summed E-state index contributed by atoms with van der Waals surface area (Å²) in [4.78, 5) is 33.0. The van der Waals surface area contributed by atoms with E-state index >= 15 is 0 Å². The second kappa shape index (κ2) is 10.1. The maximum Gasteiger partial charge on any atom is 0.262 e. The molecule has 0 saturated carbocycles. The number of hydrogen-bond donors (Lipinski definition) is 0. The maximum atomic E-state index is 13.1. The minimum atomic E-state index is -0.309. The fourth-order valence-corrected chi connectivity index (χ4v) is 5.17. The largest absolute Gasteiger partial charge is 0.383 e.